The summed E-state index contributed by atoms with van der Waals surface area (Å²) in [6, 6.07) is 3.74. The van der Waals surface area contributed by atoms with Crippen LogP contribution in [0, 0.1) is 11.8 Å². The maximum Gasteiger partial charge on any atom is 0.224 e. The van der Waals surface area contributed by atoms with Gasteiger partial charge < -0.3 is 16.4 Å². The normalized spacial score (nSPS) is 14.3. The molecule has 0 aliphatic carbocycles. The summed E-state index contributed by atoms with van der Waals surface area (Å²) in [7, 11) is 0. The van der Waals surface area contributed by atoms with Gasteiger partial charge in [0.2, 0.25) is 5.95 Å². The molecule has 2 aromatic rings. The van der Waals surface area contributed by atoms with E-state index in [1.807, 2.05) is 12.1 Å². The third kappa shape index (κ3) is 3.09. The molecule has 0 unspecified atom stereocenters. The van der Waals surface area contributed by atoms with Crippen molar-refractivity contribution in [3.63, 3.8) is 0 Å². The summed E-state index contributed by atoms with van der Waals surface area (Å²) in [5.41, 5.74) is 13.2. The average Bonchev–Trinajstić information content (AvgIpc) is 2.55. The number of anilines is 3. The first kappa shape index (κ1) is 14.1. The molecule has 2 aromatic heterocycles. The number of hydrogen-bond acceptors (Lipinski definition) is 6. The van der Waals surface area contributed by atoms with Crippen molar-refractivity contribution in [2.45, 2.75) is 19.3 Å². The summed E-state index contributed by atoms with van der Waals surface area (Å²) in [5, 5.41) is 0. The minimum absolute atomic E-state index is 0.185. The molecule has 0 saturated carbocycles. The van der Waals surface area contributed by atoms with Crippen LogP contribution in [0.15, 0.2) is 24.5 Å². The van der Waals surface area contributed by atoms with Crippen molar-refractivity contribution < 1.29 is 0 Å². The number of piperidine rings is 1. The zero-order valence-corrected chi connectivity index (χ0v) is 12.3. The lowest BCUT2D eigenvalue weighted by atomic mass is 10.1. The Morgan fingerprint density at radius 1 is 1.05 bits per heavy atom. The fourth-order valence-corrected chi connectivity index (χ4v) is 2.51. The van der Waals surface area contributed by atoms with Crippen LogP contribution in [-0.4, -0.2) is 28.0 Å². The Morgan fingerprint density at radius 3 is 2.59 bits per heavy atom. The highest BCUT2D eigenvalue weighted by Crippen LogP contribution is 2.25. The largest absolute Gasteiger partial charge is 0.382 e. The topological polar surface area (TPSA) is 93.9 Å². The standard InChI is InChI=1S/C16H18N6/c17-14-13(7-6-12-5-4-8-19-11-12)15(21-16(18)20-14)22-9-2-1-3-10-22/h4-5,8,11H,1-3,9-10H2,(H4,17,18,20,21). The Kier molecular flexibility index (Phi) is 4.05. The molecular formula is C16H18N6. The molecule has 0 aromatic carbocycles. The van der Waals surface area contributed by atoms with E-state index in [4.69, 9.17) is 11.5 Å². The molecule has 3 heterocycles. The molecule has 112 valence electrons. The zero-order valence-electron chi connectivity index (χ0n) is 12.3. The van der Waals surface area contributed by atoms with Gasteiger partial charge in [-0.25, -0.2) is 0 Å². The van der Waals surface area contributed by atoms with E-state index in [9.17, 15) is 0 Å². The average molecular weight is 294 g/mol. The lowest BCUT2D eigenvalue weighted by Gasteiger charge is -2.28. The van der Waals surface area contributed by atoms with Gasteiger partial charge >= 0.3 is 0 Å². The summed E-state index contributed by atoms with van der Waals surface area (Å²) in [6.07, 6.45) is 6.94. The van der Waals surface area contributed by atoms with Crippen LogP contribution in [-0.2, 0) is 0 Å². The summed E-state index contributed by atoms with van der Waals surface area (Å²) < 4.78 is 0. The second-order valence-electron chi connectivity index (χ2n) is 5.21. The van der Waals surface area contributed by atoms with E-state index in [2.05, 4.69) is 31.7 Å². The van der Waals surface area contributed by atoms with E-state index < -0.39 is 0 Å². The van der Waals surface area contributed by atoms with Gasteiger partial charge in [0.05, 0.1) is 0 Å². The molecule has 3 rings (SSSR count). The summed E-state index contributed by atoms with van der Waals surface area (Å²) in [4.78, 5) is 14.6. The molecule has 1 fully saturated rings. The number of nitrogen functional groups attached to an aromatic ring is 2. The van der Waals surface area contributed by atoms with Gasteiger partial charge in [-0.05, 0) is 31.4 Å². The van der Waals surface area contributed by atoms with Crippen molar-refractivity contribution in [1.82, 2.24) is 15.0 Å². The van der Waals surface area contributed by atoms with E-state index in [1.165, 1.54) is 6.42 Å². The maximum absolute atomic E-state index is 6.02. The number of hydrogen-bond donors (Lipinski definition) is 2. The van der Waals surface area contributed by atoms with Gasteiger partial charge in [-0.3, -0.25) is 4.98 Å². The van der Waals surface area contributed by atoms with Gasteiger partial charge in [-0.15, -0.1) is 0 Å². The van der Waals surface area contributed by atoms with Crippen LogP contribution in [0.3, 0.4) is 0 Å². The van der Waals surface area contributed by atoms with Crippen LogP contribution < -0.4 is 16.4 Å². The van der Waals surface area contributed by atoms with Gasteiger partial charge in [0, 0.05) is 31.0 Å². The van der Waals surface area contributed by atoms with E-state index >= 15 is 0 Å². The number of aromatic nitrogens is 3. The molecular weight excluding hydrogens is 276 g/mol. The molecule has 22 heavy (non-hydrogen) atoms. The fraction of sp³-hybridized carbons (Fsp3) is 0.312. The second-order valence-corrected chi connectivity index (χ2v) is 5.21. The van der Waals surface area contributed by atoms with Crippen molar-refractivity contribution in [2.24, 2.45) is 0 Å². The Labute approximate surface area is 129 Å². The molecule has 1 aliphatic rings. The Morgan fingerprint density at radius 2 is 1.86 bits per heavy atom. The fourth-order valence-electron chi connectivity index (χ4n) is 2.51. The van der Waals surface area contributed by atoms with Gasteiger partial charge in [0.1, 0.15) is 11.4 Å². The first-order valence-corrected chi connectivity index (χ1v) is 7.34. The van der Waals surface area contributed by atoms with Gasteiger partial charge in [-0.2, -0.15) is 9.97 Å². The minimum atomic E-state index is 0.185. The number of rotatable bonds is 1. The number of nitrogens with zero attached hydrogens (tertiary/aromatic N) is 4. The summed E-state index contributed by atoms with van der Waals surface area (Å²) >= 11 is 0. The molecule has 0 spiro atoms. The Balaban J connectivity index is 2.01. The van der Waals surface area contributed by atoms with Crippen LogP contribution >= 0.6 is 0 Å². The number of pyridine rings is 1. The predicted molar refractivity (Wildman–Crippen MR) is 87.1 cm³/mol. The van der Waals surface area contributed by atoms with Crippen molar-refractivity contribution in [3.05, 3.63) is 35.7 Å². The molecule has 0 atom stereocenters. The molecule has 0 bridgehead atoms. The Hall–Kier alpha value is -2.81. The molecule has 4 N–H and O–H groups in total. The lowest BCUT2D eigenvalue weighted by molar-refractivity contribution is 0.573. The highest BCUT2D eigenvalue weighted by molar-refractivity contribution is 5.68. The van der Waals surface area contributed by atoms with Crippen LogP contribution in [0.5, 0.6) is 0 Å². The second kappa shape index (κ2) is 6.31. The maximum atomic E-state index is 6.02. The quantitative estimate of drug-likeness (QED) is 0.773. The molecule has 6 heteroatoms. The third-order valence-electron chi connectivity index (χ3n) is 3.58. The molecule has 6 nitrogen and oxygen atoms in total. The zero-order chi connectivity index (χ0) is 15.4. The first-order chi connectivity index (χ1) is 10.7. The van der Waals surface area contributed by atoms with E-state index in [0.717, 1.165) is 37.3 Å². The highest BCUT2D eigenvalue weighted by Gasteiger charge is 2.18. The molecule has 1 saturated heterocycles. The van der Waals surface area contributed by atoms with Crippen LogP contribution in [0.2, 0.25) is 0 Å². The Bertz CT molecular complexity index is 711. The molecule has 1 aliphatic heterocycles. The third-order valence-corrected chi connectivity index (χ3v) is 3.58. The summed E-state index contributed by atoms with van der Waals surface area (Å²) in [6.45, 7) is 1.88. The van der Waals surface area contributed by atoms with Crippen molar-refractivity contribution in [2.75, 3.05) is 29.5 Å². The van der Waals surface area contributed by atoms with Crippen molar-refractivity contribution in [3.8, 4) is 11.8 Å². The van der Waals surface area contributed by atoms with Gasteiger partial charge in [0.15, 0.2) is 5.82 Å². The van der Waals surface area contributed by atoms with Crippen molar-refractivity contribution in [1.29, 1.82) is 0 Å². The SMILES string of the molecule is Nc1nc(N)c(C#Cc2cccnc2)c(N2CCCCC2)n1. The van der Waals surface area contributed by atoms with Crippen LogP contribution in [0.1, 0.15) is 30.4 Å². The lowest BCUT2D eigenvalue weighted by Crippen LogP contribution is -2.31. The van der Waals surface area contributed by atoms with Crippen LogP contribution in [0.4, 0.5) is 17.6 Å². The van der Waals surface area contributed by atoms with Gasteiger partial charge in [-0.1, -0.05) is 11.8 Å². The highest BCUT2D eigenvalue weighted by atomic mass is 15.2. The predicted octanol–water partition coefficient (Wildman–Crippen LogP) is 1.43. The monoisotopic (exact) mass is 294 g/mol. The summed E-state index contributed by atoms with van der Waals surface area (Å²) in [5.74, 6) is 7.39. The van der Waals surface area contributed by atoms with E-state index in [0.29, 0.717) is 11.4 Å². The first-order valence-electron chi connectivity index (χ1n) is 7.34. The smallest absolute Gasteiger partial charge is 0.224 e. The molecule has 0 amide bonds. The van der Waals surface area contributed by atoms with E-state index in [-0.39, 0.29) is 5.95 Å². The van der Waals surface area contributed by atoms with E-state index in [1.54, 1.807) is 12.4 Å². The van der Waals surface area contributed by atoms with Crippen LogP contribution in [0.25, 0.3) is 0 Å². The molecule has 0 radical (unpaired) electrons. The van der Waals surface area contributed by atoms with Gasteiger partial charge in [0.25, 0.3) is 0 Å². The minimum Gasteiger partial charge on any atom is -0.382 e. The number of nitrogens with two attached hydrogens (primary N) is 2. The van der Waals surface area contributed by atoms with Crippen molar-refractivity contribution >= 4 is 17.6 Å².